The number of esters is 1. The van der Waals surface area contributed by atoms with E-state index >= 15 is 0 Å². The maximum atomic E-state index is 13.0. The van der Waals surface area contributed by atoms with Crippen LogP contribution in [0.15, 0.2) is 72.8 Å². The summed E-state index contributed by atoms with van der Waals surface area (Å²) < 4.78 is 5.52. The third-order valence-corrected chi connectivity index (χ3v) is 5.03. The van der Waals surface area contributed by atoms with Crippen LogP contribution >= 0.6 is 11.6 Å². The minimum atomic E-state index is -1.32. The van der Waals surface area contributed by atoms with Gasteiger partial charge in [0.05, 0.1) is 10.5 Å². The number of ether oxygens (including phenoxy) is 1. The van der Waals surface area contributed by atoms with Gasteiger partial charge in [0.15, 0.2) is 0 Å². The Kier molecular flexibility index (Phi) is 7.94. The van der Waals surface area contributed by atoms with Crippen molar-refractivity contribution in [3.05, 3.63) is 105 Å². The first-order chi connectivity index (χ1) is 16.2. The monoisotopic (exact) mass is 481 g/mol. The molecule has 0 aliphatic carbocycles. The molecule has 1 unspecified atom stereocenters. The lowest BCUT2D eigenvalue weighted by Crippen LogP contribution is -2.26. The van der Waals surface area contributed by atoms with Crippen LogP contribution in [-0.2, 0) is 20.9 Å². The van der Waals surface area contributed by atoms with Gasteiger partial charge in [-0.3, -0.25) is 19.7 Å². The Morgan fingerprint density at radius 2 is 1.71 bits per heavy atom. The first-order valence-corrected chi connectivity index (χ1v) is 10.5. The van der Waals surface area contributed by atoms with Gasteiger partial charge >= 0.3 is 5.97 Å². The second-order valence-corrected chi connectivity index (χ2v) is 7.62. The molecule has 3 aromatic rings. The van der Waals surface area contributed by atoms with Gasteiger partial charge in [-0.05, 0) is 29.8 Å². The molecular formula is C24H20ClN3O6. The number of carbonyl (C=O) groups excluding carboxylic acids is 3. The minimum absolute atomic E-state index is 0.0732. The average Bonchev–Trinajstić information content (AvgIpc) is 2.82. The third-order valence-electron chi connectivity index (χ3n) is 4.71. The summed E-state index contributed by atoms with van der Waals surface area (Å²) in [5, 5.41) is 16.3. The summed E-state index contributed by atoms with van der Waals surface area (Å²) in [6, 6.07) is 18.6. The number of anilines is 1. The van der Waals surface area contributed by atoms with E-state index < -0.39 is 22.9 Å². The van der Waals surface area contributed by atoms with E-state index in [1.165, 1.54) is 31.2 Å². The zero-order valence-corrected chi connectivity index (χ0v) is 18.7. The zero-order chi connectivity index (χ0) is 24.7. The number of nitrogens with zero attached hydrogens (tertiary/aromatic N) is 1. The number of nitro groups is 1. The number of hydrogen-bond acceptors (Lipinski definition) is 6. The zero-order valence-electron chi connectivity index (χ0n) is 18.0. The molecule has 0 aliphatic heterocycles. The normalized spacial score (nSPS) is 11.2. The molecule has 0 aliphatic rings. The van der Waals surface area contributed by atoms with Crippen molar-refractivity contribution < 1.29 is 24.0 Å². The molecule has 2 N–H and O–H groups in total. The number of halogens is 1. The van der Waals surface area contributed by atoms with Gasteiger partial charge in [0, 0.05) is 30.8 Å². The fourth-order valence-corrected chi connectivity index (χ4v) is 3.19. The van der Waals surface area contributed by atoms with E-state index in [1.54, 1.807) is 42.5 Å². The van der Waals surface area contributed by atoms with E-state index in [0.29, 0.717) is 12.1 Å². The lowest BCUT2D eigenvalue weighted by atomic mass is 10.1. The fraction of sp³-hybridized carbons (Fsp3) is 0.125. The molecule has 0 aromatic heterocycles. The van der Waals surface area contributed by atoms with Gasteiger partial charge < -0.3 is 15.4 Å². The second-order valence-electron chi connectivity index (χ2n) is 7.22. The number of rotatable bonds is 8. The highest BCUT2D eigenvalue weighted by Gasteiger charge is 2.26. The fourth-order valence-electron chi connectivity index (χ4n) is 3.00. The van der Waals surface area contributed by atoms with Crippen molar-refractivity contribution in [3.8, 4) is 0 Å². The van der Waals surface area contributed by atoms with E-state index in [1.807, 2.05) is 0 Å². The Balaban J connectivity index is 1.79. The number of nitrogens with one attached hydrogen (secondary N) is 2. The van der Waals surface area contributed by atoms with Crippen LogP contribution in [0.5, 0.6) is 0 Å². The van der Waals surface area contributed by atoms with Gasteiger partial charge in [0.25, 0.3) is 11.6 Å². The topological polar surface area (TPSA) is 128 Å². The number of benzene rings is 3. The molecule has 0 radical (unpaired) electrons. The third kappa shape index (κ3) is 6.39. The average molecular weight is 482 g/mol. The number of hydrogen-bond donors (Lipinski definition) is 2. The van der Waals surface area contributed by atoms with Crippen molar-refractivity contribution in [1.29, 1.82) is 0 Å². The first-order valence-electron chi connectivity index (χ1n) is 10.1. The van der Waals surface area contributed by atoms with Gasteiger partial charge in [0.1, 0.15) is 5.02 Å². The van der Waals surface area contributed by atoms with Crippen molar-refractivity contribution in [3.63, 3.8) is 0 Å². The van der Waals surface area contributed by atoms with Gasteiger partial charge in [-0.1, -0.05) is 54.1 Å². The molecule has 0 heterocycles. The van der Waals surface area contributed by atoms with Crippen LogP contribution in [-0.4, -0.2) is 22.7 Å². The van der Waals surface area contributed by atoms with E-state index in [-0.39, 0.29) is 27.9 Å². The molecule has 34 heavy (non-hydrogen) atoms. The van der Waals surface area contributed by atoms with E-state index in [9.17, 15) is 24.5 Å². The molecule has 2 amide bonds. The van der Waals surface area contributed by atoms with Crippen LogP contribution in [0.25, 0.3) is 0 Å². The highest BCUT2D eigenvalue weighted by molar-refractivity contribution is 6.32. The van der Waals surface area contributed by atoms with Crippen LogP contribution in [0.4, 0.5) is 11.4 Å². The Labute approximate surface area is 199 Å². The summed E-state index contributed by atoms with van der Waals surface area (Å²) >= 11 is 5.82. The molecule has 3 rings (SSSR count). The van der Waals surface area contributed by atoms with Crippen LogP contribution in [0.3, 0.4) is 0 Å². The summed E-state index contributed by atoms with van der Waals surface area (Å²) in [5.74, 6) is -1.61. The summed E-state index contributed by atoms with van der Waals surface area (Å²) in [6.07, 6.45) is -1.32. The Hall–Kier alpha value is -4.24. The van der Waals surface area contributed by atoms with E-state index in [0.717, 1.165) is 11.6 Å². The van der Waals surface area contributed by atoms with Crippen molar-refractivity contribution in [2.75, 3.05) is 5.32 Å². The molecular weight excluding hydrogens is 462 g/mol. The smallest absolute Gasteiger partial charge is 0.339 e. The second kappa shape index (κ2) is 11.1. The van der Waals surface area contributed by atoms with E-state index in [4.69, 9.17) is 16.3 Å². The maximum absolute atomic E-state index is 13.0. The number of amides is 2. The molecule has 0 saturated heterocycles. The van der Waals surface area contributed by atoms with Crippen molar-refractivity contribution in [2.45, 2.75) is 19.6 Å². The molecule has 10 heteroatoms. The molecule has 174 valence electrons. The van der Waals surface area contributed by atoms with Gasteiger partial charge in [-0.2, -0.15) is 0 Å². The maximum Gasteiger partial charge on any atom is 0.339 e. The molecule has 3 aromatic carbocycles. The van der Waals surface area contributed by atoms with Crippen LogP contribution in [0, 0.1) is 10.1 Å². The molecule has 0 fully saturated rings. The van der Waals surface area contributed by atoms with Crippen LogP contribution < -0.4 is 10.6 Å². The summed E-state index contributed by atoms with van der Waals surface area (Å²) in [6.45, 7) is 1.72. The van der Waals surface area contributed by atoms with Gasteiger partial charge in [-0.25, -0.2) is 4.79 Å². The molecule has 1 atom stereocenters. The van der Waals surface area contributed by atoms with Gasteiger partial charge in [-0.15, -0.1) is 0 Å². The Morgan fingerprint density at radius 1 is 1.03 bits per heavy atom. The quantitative estimate of drug-likeness (QED) is 0.278. The number of nitro benzene ring substituents is 1. The molecule has 0 spiro atoms. The number of carbonyl (C=O) groups is 3. The molecule has 9 nitrogen and oxygen atoms in total. The highest BCUT2D eigenvalue weighted by atomic mass is 35.5. The highest BCUT2D eigenvalue weighted by Crippen LogP contribution is 2.28. The predicted octanol–water partition coefficient (Wildman–Crippen LogP) is 4.42. The predicted molar refractivity (Wildman–Crippen MR) is 125 cm³/mol. The lowest BCUT2D eigenvalue weighted by Gasteiger charge is -2.18. The molecule has 0 bridgehead atoms. The largest absolute Gasteiger partial charge is 0.444 e. The van der Waals surface area contributed by atoms with Crippen molar-refractivity contribution in [2.24, 2.45) is 0 Å². The minimum Gasteiger partial charge on any atom is -0.444 e. The summed E-state index contributed by atoms with van der Waals surface area (Å²) in [4.78, 5) is 47.3. The van der Waals surface area contributed by atoms with Crippen LogP contribution in [0.1, 0.15) is 34.5 Å². The summed E-state index contributed by atoms with van der Waals surface area (Å²) in [7, 11) is 0. The van der Waals surface area contributed by atoms with Crippen LogP contribution in [0.2, 0.25) is 5.02 Å². The Bertz CT molecular complexity index is 1220. The van der Waals surface area contributed by atoms with E-state index in [2.05, 4.69) is 10.6 Å². The Morgan fingerprint density at radius 3 is 2.32 bits per heavy atom. The molecule has 0 saturated carbocycles. The first kappa shape index (κ1) is 24.4. The lowest BCUT2D eigenvalue weighted by molar-refractivity contribution is -0.384. The SMILES string of the molecule is CC(=O)NCc1ccc(C(=O)OC(C(=O)Nc2ccc(Cl)c([N+](=O)[O-])c2)c2ccccc2)cc1. The standard InChI is InChI=1S/C24H20ClN3O6/c1-15(29)26-14-16-7-9-18(10-8-16)24(31)34-22(17-5-3-2-4-6-17)23(30)27-19-11-12-20(25)21(13-19)28(32)33/h2-13,22H,14H2,1H3,(H,26,29)(H,27,30). The van der Waals surface area contributed by atoms with Gasteiger partial charge in [0.2, 0.25) is 12.0 Å². The van der Waals surface area contributed by atoms with Crippen molar-refractivity contribution >= 4 is 40.8 Å². The van der Waals surface area contributed by atoms with Crippen molar-refractivity contribution in [1.82, 2.24) is 5.32 Å². The summed E-state index contributed by atoms with van der Waals surface area (Å²) in [5.41, 5.74) is 1.17.